The molecule has 0 aliphatic carbocycles. The molecule has 0 amide bonds. The molecule has 0 radical (unpaired) electrons. The lowest BCUT2D eigenvalue weighted by atomic mass is 10.2. The lowest BCUT2D eigenvalue weighted by molar-refractivity contribution is 0.331. The van der Waals surface area contributed by atoms with Crippen molar-refractivity contribution < 1.29 is 4.39 Å². The molecule has 3 heteroatoms. The molecule has 0 bridgehead atoms. The van der Waals surface area contributed by atoms with Gasteiger partial charge in [0.15, 0.2) is 0 Å². The summed E-state index contributed by atoms with van der Waals surface area (Å²) in [7, 11) is 0. The van der Waals surface area contributed by atoms with Crippen molar-refractivity contribution in [3.63, 3.8) is 0 Å². The van der Waals surface area contributed by atoms with Crippen molar-refractivity contribution in [2.75, 3.05) is 13.2 Å². The average Bonchev–Trinajstić information content (AvgIpc) is 2.14. The predicted molar refractivity (Wildman–Crippen MR) is 55.7 cm³/mol. The fraction of sp³-hybridized carbons (Fsp3) is 0.700. The van der Waals surface area contributed by atoms with E-state index in [0.29, 0.717) is 6.54 Å². The molecule has 1 rings (SSSR count). The lowest BCUT2D eigenvalue weighted by Gasteiger charge is -2.26. The van der Waals surface area contributed by atoms with Crippen molar-refractivity contribution in [3.05, 3.63) is 11.8 Å². The molecule has 0 aromatic carbocycles. The molecule has 1 heterocycles. The quantitative estimate of drug-likeness (QED) is 0.647. The predicted octanol–water partition coefficient (Wildman–Crippen LogP) is 2.62. The molecule has 0 aromatic heterocycles. The normalized spacial score (nSPS) is 20.5. The first-order chi connectivity index (χ1) is 6.24. The number of aliphatic imine (C=N–C) groups is 1. The minimum absolute atomic E-state index is 0.281. The zero-order chi connectivity index (χ0) is 10.3. The van der Waals surface area contributed by atoms with E-state index >= 15 is 0 Å². The lowest BCUT2D eigenvalue weighted by Crippen LogP contribution is -2.34. The Balaban J connectivity index is 0.000000671. The van der Waals surface area contributed by atoms with Gasteiger partial charge in [0.1, 0.15) is 6.67 Å². The standard InChI is InChI=1S/C8H13FN2.C2H6/c1-7-5-8(2)11(4-3-9)6-10-7;1-2/h5-6,8H,3-4H2,1-2H3;1-2H3. The van der Waals surface area contributed by atoms with Crippen LogP contribution in [0, 0.1) is 0 Å². The largest absolute Gasteiger partial charge is 0.354 e. The van der Waals surface area contributed by atoms with Crippen molar-refractivity contribution >= 4 is 6.34 Å². The Morgan fingerprint density at radius 1 is 1.54 bits per heavy atom. The van der Waals surface area contributed by atoms with Crippen LogP contribution >= 0.6 is 0 Å². The Hall–Kier alpha value is -0.860. The maximum Gasteiger partial charge on any atom is 0.107 e. The Bertz CT molecular complexity index is 187. The van der Waals surface area contributed by atoms with E-state index in [1.807, 2.05) is 38.7 Å². The second-order valence-corrected chi connectivity index (χ2v) is 2.72. The molecule has 1 aliphatic heterocycles. The van der Waals surface area contributed by atoms with Crippen LogP contribution in [-0.2, 0) is 0 Å². The first-order valence-corrected chi connectivity index (χ1v) is 4.78. The van der Waals surface area contributed by atoms with Crippen molar-refractivity contribution in [1.82, 2.24) is 4.90 Å². The van der Waals surface area contributed by atoms with Crippen LogP contribution < -0.4 is 0 Å². The third-order valence-corrected chi connectivity index (χ3v) is 1.76. The summed E-state index contributed by atoms with van der Waals surface area (Å²) in [5, 5.41) is 0. The zero-order valence-electron chi connectivity index (χ0n) is 8.92. The SMILES string of the molecule is CC.CC1=CC(C)N(CCF)C=N1. The summed E-state index contributed by atoms with van der Waals surface area (Å²) in [5.74, 6) is 0. The van der Waals surface area contributed by atoms with Gasteiger partial charge >= 0.3 is 0 Å². The van der Waals surface area contributed by atoms with E-state index in [2.05, 4.69) is 4.99 Å². The number of hydrogen-bond donors (Lipinski definition) is 0. The Morgan fingerprint density at radius 3 is 2.62 bits per heavy atom. The molecule has 1 atom stereocenters. The van der Waals surface area contributed by atoms with Gasteiger partial charge in [0.05, 0.1) is 6.34 Å². The van der Waals surface area contributed by atoms with Gasteiger partial charge in [-0.2, -0.15) is 0 Å². The second kappa shape index (κ2) is 6.63. The highest BCUT2D eigenvalue weighted by atomic mass is 19.1. The van der Waals surface area contributed by atoms with Crippen LogP contribution in [0.2, 0.25) is 0 Å². The number of nitrogens with zero attached hydrogens (tertiary/aromatic N) is 2. The van der Waals surface area contributed by atoms with Gasteiger partial charge in [0.25, 0.3) is 0 Å². The van der Waals surface area contributed by atoms with Crippen LogP contribution in [0.4, 0.5) is 4.39 Å². The summed E-state index contributed by atoms with van der Waals surface area (Å²) in [4.78, 5) is 5.96. The molecule has 1 unspecified atom stereocenters. The van der Waals surface area contributed by atoms with Crippen molar-refractivity contribution in [2.45, 2.75) is 33.7 Å². The van der Waals surface area contributed by atoms with Gasteiger partial charge in [0, 0.05) is 18.3 Å². The molecular formula is C10H19FN2. The maximum absolute atomic E-state index is 11.9. The monoisotopic (exact) mass is 186 g/mol. The summed E-state index contributed by atoms with van der Waals surface area (Å²) >= 11 is 0. The average molecular weight is 186 g/mol. The molecule has 0 N–H and O–H groups in total. The molecule has 13 heavy (non-hydrogen) atoms. The van der Waals surface area contributed by atoms with Crippen molar-refractivity contribution in [2.24, 2.45) is 4.99 Å². The van der Waals surface area contributed by atoms with E-state index in [1.54, 1.807) is 6.34 Å². The molecule has 0 fully saturated rings. The highest BCUT2D eigenvalue weighted by molar-refractivity contribution is 5.59. The second-order valence-electron chi connectivity index (χ2n) is 2.72. The molecule has 2 nitrogen and oxygen atoms in total. The smallest absolute Gasteiger partial charge is 0.107 e. The van der Waals surface area contributed by atoms with Gasteiger partial charge < -0.3 is 4.90 Å². The topological polar surface area (TPSA) is 15.6 Å². The fourth-order valence-corrected chi connectivity index (χ4v) is 1.12. The number of hydrogen-bond acceptors (Lipinski definition) is 2. The van der Waals surface area contributed by atoms with Crippen LogP contribution in [0.5, 0.6) is 0 Å². The molecule has 0 saturated heterocycles. The first kappa shape index (κ1) is 12.1. The van der Waals surface area contributed by atoms with Gasteiger partial charge in [-0.05, 0) is 19.9 Å². The molecule has 76 valence electrons. The van der Waals surface area contributed by atoms with E-state index in [0.717, 1.165) is 5.70 Å². The fourth-order valence-electron chi connectivity index (χ4n) is 1.12. The van der Waals surface area contributed by atoms with Gasteiger partial charge in [-0.1, -0.05) is 13.8 Å². The molecule has 1 aliphatic rings. The van der Waals surface area contributed by atoms with Gasteiger partial charge in [0.2, 0.25) is 0 Å². The van der Waals surface area contributed by atoms with Crippen LogP contribution in [0.1, 0.15) is 27.7 Å². The first-order valence-electron chi connectivity index (χ1n) is 4.78. The highest BCUT2D eigenvalue weighted by Gasteiger charge is 2.10. The number of rotatable bonds is 2. The van der Waals surface area contributed by atoms with Crippen LogP contribution in [0.15, 0.2) is 16.8 Å². The van der Waals surface area contributed by atoms with Crippen LogP contribution in [-0.4, -0.2) is 30.5 Å². The van der Waals surface area contributed by atoms with E-state index in [-0.39, 0.29) is 12.7 Å². The number of allylic oxidation sites excluding steroid dienone is 1. The summed E-state index contributed by atoms with van der Waals surface area (Å²) < 4.78 is 11.9. The Labute approximate surface area is 80.2 Å². The van der Waals surface area contributed by atoms with Crippen LogP contribution in [0.3, 0.4) is 0 Å². The van der Waals surface area contributed by atoms with Crippen LogP contribution in [0.25, 0.3) is 0 Å². The van der Waals surface area contributed by atoms with E-state index in [1.165, 1.54) is 0 Å². The maximum atomic E-state index is 11.9. The third-order valence-electron chi connectivity index (χ3n) is 1.76. The van der Waals surface area contributed by atoms with Gasteiger partial charge in [-0.15, -0.1) is 0 Å². The Kier molecular flexibility index (Phi) is 6.20. The van der Waals surface area contributed by atoms with Crippen molar-refractivity contribution in [3.8, 4) is 0 Å². The van der Waals surface area contributed by atoms with Gasteiger partial charge in [-0.25, -0.2) is 9.38 Å². The molecular weight excluding hydrogens is 167 g/mol. The van der Waals surface area contributed by atoms with E-state index < -0.39 is 0 Å². The minimum Gasteiger partial charge on any atom is -0.354 e. The number of alkyl halides is 1. The molecule has 0 spiro atoms. The number of halogens is 1. The summed E-state index contributed by atoms with van der Waals surface area (Å²) in [6, 6.07) is 0.281. The van der Waals surface area contributed by atoms with Crippen molar-refractivity contribution in [1.29, 1.82) is 0 Å². The Morgan fingerprint density at radius 2 is 2.15 bits per heavy atom. The summed E-state index contributed by atoms with van der Waals surface area (Å²) in [6.07, 6.45) is 3.73. The molecule has 0 aromatic rings. The summed E-state index contributed by atoms with van der Waals surface area (Å²) in [5.41, 5.74) is 1.01. The van der Waals surface area contributed by atoms with E-state index in [9.17, 15) is 4.39 Å². The third kappa shape index (κ3) is 4.06. The minimum atomic E-state index is -0.316. The zero-order valence-corrected chi connectivity index (χ0v) is 8.92. The molecule has 0 saturated carbocycles. The van der Waals surface area contributed by atoms with Gasteiger partial charge in [-0.3, -0.25) is 0 Å². The highest BCUT2D eigenvalue weighted by Crippen LogP contribution is 2.08. The van der Waals surface area contributed by atoms with E-state index in [4.69, 9.17) is 0 Å². The summed E-state index contributed by atoms with van der Waals surface area (Å²) in [6.45, 7) is 8.10.